The van der Waals surface area contributed by atoms with Crippen LogP contribution in [0.2, 0.25) is 0 Å². The molecular weight excluding hydrogens is 422 g/mol. The van der Waals surface area contributed by atoms with Crippen LogP contribution in [-0.2, 0) is 17.6 Å². The van der Waals surface area contributed by atoms with Crippen LogP contribution in [0.5, 0.6) is 0 Å². The first-order valence-electron chi connectivity index (χ1n) is 10.2. The predicted molar refractivity (Wildman–Crippen MR) is 123 cm³/mol. The minimum atomic E-state index is -1.15. The van der Waals surface area contributed by atoms with Gasteiger partial charge in [0.15, 0.2) is 0 Å². The van der Waals surface area contributed by atoms with E-state index in [4.69, 9.17) is 0 Å². The van der Waals surface area contributed by atoms with Crippen molar-refractivity contribution < 1.29 is 19.6 Å². The second-order valence-corrected chi connectivity index (χ2v) is 7.39. The summed E-state index contributed by atoms with van der Waals surface area (Å²) in [5, 5.41) is 31.9. The standard InChI is InChI=1S/C25H21N3O5/c26-16-21-3-1-2-4-22(21)18-8-5-17(6-9-18)7-12-24(29)27-23-15-20(25(30)31)11-10-19(23)13-14-28(32)33/h1-6,8-11,15H,7,12-14H2,(H,27,29)(H,30,31). The van der Waals surface area contributed by atoms with Crippen LogP contribution in [-0.4, -0.2) is 28.5 Å². The number of nitro groups is 1. The van der Waals surface area contributed by atoms with Crippen LogP contribution < -0.4 is 5.32 Å². The molecule has 3 rings (SSSR count). The predicted octanol–water partition coefficient (Wildman–Crippen LogP) is 4.31. The number of nitriles is 1. The summed E-state index contributed by atoms with van der Waals surface area (Å²) >= 11 is 0. The molecule has 8 heteroatoms. The highest BCUT2D eigenvalue weighted by atomic mass is 16.6. The highest BCUT2D eigenvalue weighted by Gasteiger charge is 2.13. The minimum Gasteiger partial charge on any atom is -0.478 e. The van der Waals surface area contributed by atoms with Crippen LogP contribution in [0.3, 0.4) is 0 Å². The number of anilines is 1. The van der Waals surface area contributed by atoms with Crippen molar-refractivity contribution in [3.8, 4) is 17.2 Å². The monoisotopic (exact) mass is 443 g/mol. The molecule has 3 aromatic carbocycles. The summed E-state index contributed by atoms with van der Waals surface area (Å²) in [7, 11) is 0. The van der Waals surface area contributed by atoms with Crippen molar-refractivity contribution in [2.75, 3.05) is 11.9 Å². The van der Waals surface area contributed by atoms with Gasteiger partial charge in [-0.05, 0) is 46.9 Å². The van der Waals surface area contributed by atoms with E-state index >= 15 is 0 Å². The molecule has 0 bridgehead atoms. The van der Waals surface area contributed by atoms with Crippen molar-refractivity contribution in [3.63, 3.8) is 0 Å². The molecule has 0 radical (unpaired) electrons. The van der Waals surface area contributed by atoms with Crippen molar-refractivity contribution in [3.05, 3.63) is 99.1 Å². The molecule has 8 nitrogen and oxygen atoms in total. The molecule has 0 aromatic heterocycles. The number of rotatable bonds is 9. The lowest BCUT2D eigenvalue weighted by Crippen LogP contribution is -2.15. The van der Waals surface area contributed by atoms with Crippen LogP contribution in [0.25, 0.3) is 11.1 Å². The van der Waals surface area contributed by atoms with E-state index in [9.17, 15) is 30.1 Å². The Labute approximate surface area is 190 Å². The summed E-state index contributed by atoms with van der Waals surface area (Å²) in [6, 6.07) is 21.2. The summed E-state index contributed by atoms with van der Waals surface area (Å²) in [6.07, 6.45) is 0.684. The molecule has 0 atom stereocenters. The molecule has 0 aliphatic carbocycles. The molecule has 0 unspecified atom stereocenters. The van der Waals surface area contributed by atoms with Crippen LogP contribution in [0.4, 0.5) is 5.69 Å². The summed E-state index contributed by atoms with van der Waals surface area (Å²) in [5.74, 6) is -1.47. The van der Waals surface area contributed by atoms with Crippen molar-refractivity contribution in [2.45, 2.75) is 19.3 Å². The van der Waals surface area contributed by atoms with Gasteiger partial charge in [0.05, 0.1) is 17.2 Å². The lowest BCUT2D eigenvalue weighted by Gasteiger charge is -2.11. The fraction of sp³-hybridized carbons (Fsp3) is 0.160. The fourth-order valence-electron chi connectivity index (χ4n) is 3.41. The van der Waals surface area contributed by atoms with E-state index in [0.717, 1.165) is 16.7 Å². The number of carbonyl (C=O) groups excluding carboxylic acids is 1. The SMILES string of the molecule is N#Cc1ccccc1-c1ccc(CCC(=O)Nc2cc(C(=O)O)ccc2CC[N+](=O)[O-])cc1. The number of aromatic carboxylic acids is 1. The van der Waals surface area contributed by atoms with E-state index in [1.165, 1.54) is 18.2 Å². The molecule has 1 amide bonds. The van der Waals surface area contributed by atoms with Crippen LogP contribution in [0.15, 0.2) is 66.7 Å². The van der Waals surface area contributed by atoms with Gasteiger partial charge in [-0.15, -0.1) is 0 Å². The number of carboxylic acids is 1. The zero-order chi connectivity index (χ0) is 23.8. The van der Waals surface area contributed by atoms with Gasteiger partial charge in [-0.1, -0.05) is 48.5 Å². The average Bonchev–Trinajstić information content (AvgIpc) is 2.82. The number of amides is 1. The maximum Gasteiger partial charge on any atom is 0.335 e. The zero-order valence-corrected chi connectivity index (χ0v) is 17.7. The lowest BCUT2D eigenvalue weighted by molar-refractivity contribution is -0.479. The average molecular weight is 443 g/mol. The number of benzene rings is 3. The number of carbonyl (C=O) groups is 2. The van der Waals surface area contributed by atoms with E-state index < -0.39 is 10.9 Å². The van der Waals surface area contributed by atoms with Gasteiger partial charge in [0.1, 0.15) is 0 Å². The topological polar surface area (TPSA) is 133 Å². The molecule has 3 aromatic rings. The molecule has 2 N–H and O–H groups in total. The first-order chi connectivity index (χ1) is 15.9. The number of nitrogens with one attached hydrogen (secondary N) is 1. The Balaban J connectivity index is 1.66. The van der Waals surface area contributed by atoms with Crippen LogP contribution >= 0.6 is 0 Å². The molecule has 0 saturated carbocycles. The second-order valence-electron chi connectivity index (χ2n) is 7.39. The Bertz CT molecular complexity index is 1230. The highest BCUT2D eigenvalue weighted by Crippen LogP contribution is 2.24. The zero-order valence-electron chi connectivity index (χ0n) is 17.7. The van der Waals surface area contributed by atoms with Crippen LogP contribution in [0.1, 0.15) is 33.5 Å². The van der Waals surface area contributed by atoms with E-state index in [1.807, 2.05) is 42.5 Å². The quantitative estimate of drug-likeness (QED) is 0.374. The van der Waals surface area contributed by atoms with Gasteiger partial charge in [-0.3, -0.25) is 14.9 Å². The van der Waals surface area contributed by atoms with Crippen molar-refractivity contribution in [1.29, 1.82) is 5.26 Å². The third-order valence-electron chi connectivity index (χ3n) is 5.15. The Morgan fingerprint density at radius 2 is 1.76 bits per heavy atom. The van der Waals surface area contributed by atoms with Crippen molar-refractivity contribution >= 4 is 17.6 Å². The van der Waals surface area contributed by atoms with Crippen molar-refractivity contribution in [2.24, 2.45) is 0 Å². The molecule has 0 spiro atoms. The van der Waals surface area contributed by atoms with E-state index in [2.05, 4.69) is 11.4 Å². The largest absolute Gasteiger partial charge is 0.478 e. The molecular formula is C25H21N3O5. The van der Waals surface area contributed by atoms with Gasteiger partial charge in [0, 0.05) is 23.5 Å². The molecule has 0 fully saturated rings. The van der Waals surface area contributed by atoms with Gasteiger partial charge in [-0.25, -0.2) is 4.79 Å². The normalized spacial score (nSPS) is 10.3. The molecule has 0 saturated heterocycles. The minimum absolute atomic E-state index is 0.0107. The lowest BCUT2D eigenvalue weighted by atomic mass is 9.98. The molecule has 0 heterocycles. The Morgan fingerprint density at radius 3 is 2.42 bits per heavy atom. The highest BCUT2D eigenvalue weighted by molar-refractivity contribution is 5.94. The maximum atomic E-state index is 12.5. The van der Waals surface area contributed by atoms with E-state index in [1.54, 1.807) is 6.07 Å². The number of hydrogen-bond donors (Lipinski definition) is 2. The number of nitrogens with zero attached hydrogens (tertiary/aromatic N) is 2. The van der Waals surface area contributed by atoms with Gasteiger partial charge >= 0.3 is 5.97 Å². The fourth-order valence-corrected chi connectivity index (χ4v) is 3.41. The molecule has 33 heavy (non-hydrogen) atoms. The summed E-state index contributed by atoms with van der Waals surface area (Å²) in [6.45, 7) is -0.323. The molecule has 0 aliphatic heterocycles. The molecule has 166 valence electrons. The van der Waals surface area contributed by atoms with Crippen molar-refractivity contribution in [1.82, 2.24) is 0 Å². The number of aryl methyl sites for hydroxylation is 1. The van der Waals surface area contributed by atoms with E-state index in [0.29, 0.717) is 17.5 Å². The number of carboxylic acid groups (broad SMARTS) is 1. The van der Waals surface area contributed by atoms with Gasteiger partial charge < -0.3 is 10.4 Å². The Hall–Kier alpha value is -4.51. The van der Waals surface area contributed by atoms with Crippen LogP contribution in [0, 0.1) is 21.4 Å². The van der Waals surface area contributed by atoms with E-state index in [-0.39, 0.29) is 36.5 Å². The number of hydrogen-bond acceptors (Lipinski definition) is 5. The van der Waals surface area contributed by atoms with Gasteiger partial charge in [0.2, 0.25) is 12.5 Å². The second kappa shape index (κ2) is 10.7. The first-order valence-corrected chi connectivity index (χ1v) is 10.2. The maximum absolute atomic E-state index is 12.5. The van der Waals surface area contributed by atoms with Gasteiger partial charge in [-0.2, -0.15) is 5.26 Å². The summed E-state index contributed by atoms with van der Waals surface area (Å²) in [5.41, 5.74) is 4.02. The molecule has 0 aliphatic rings. The summed E-state index contributed by atoms with van der Waals surface area (Å²) < 4.78 is 0. The first kappa shape index (κ1) is 23.2. The summed E-state index contributed by atoms with van der Waals surface area (Å²) in [4.78, 5) is 34.0. The Kier molecular flexibility index (Phi) is 7.50. The van der Waals surface area contributed by atoms with Gasteiger partial charge in [0.25, 0.3) is 0 Å². The smallest absolute Gasteiger partial charge is 0.335 e. The Morgan fingerprint density at radius 1 is 1.03 bits per heavy atom. The third kappa shape index (κ3) is 6.24. The third-order valence-corrected chi connectivity index (χ3v) is 5.15.